The molecule has 1 aliphatic rings. The molecule has 1 N–H and O–H groups in total. The first-order chi connectivity index (χ1) is 8.93. The van der Waals surface area contributed by atoms with E-state index in [2.05, 4.69) is 41.7 Å². The molecular formula is C16H18ClNO. The number of rotatable bonds is 3. The van der Waals surface area contributed by atoms with Crippen LogP contribution in [0.15, 0.2) is 54.6 Å². The Morgan fingerprint density at radius 2 is 1.74 bits per heavy atom. The highest BCUT2D eigenvalue weighted by molar-refractivity contribution is 5.85. The Bertz CT molecular complexity index is 515. The number of benzene rings is 2. The number of hydrogen-bond acceptors (Lipinski definition) is 2. The summed E-state index contributed by atoms with van der Waals surface area (Å²) in [4.78, 5) is 0. The van der Waals surface area contributed by atoms with E-state index in [1.165, 1.54) is 16.7 Å². The van der Waals surface area contributed by atoms with Gasteiger partial charge in [0.05, 0.1) is 6.61 Å². The first-order valence-electron chi connectivity index (χ1n) is 6.40. The molecule has 1 unspecified atom stereocenters. The maximum atomic E-state index is 5.98. The van der Waals surface area contributed by atoms with Gasteiger partial charge in [0.2, 0.25) is 0 Å². The van der Waals surface area contributed by atoms with E-state index < -0.39 is 0 Å². The number of hydrogen-bond donors (Lipinski definition) is 1. The Kier molecular flexibility index (Phi) is 4.97. The summed E-state index contributed by atoms with van der Waals surface area (Å²) < 4.78 is 5.98. The van der Waals surface area contributed by atoms with Crippen molar-refractivity contribution in [3.63, 3.8) is 0 Å². The van der Waals surface area contributed by atoms with Gasteiger partial charge in [-0.05, 0) is 23.1 Å². The van der Waals surface area contributed by atoms with Crippen molar-refractivity contribution in [3.05, 3.63) is 71.3 Å². The van der Waals surface area contributed by atoms with Gasteiger partial charge >= 0.3 is 0 Å². The molecule has 0 fully saturated rings. The van der Waals surface area contributed by atoms with Gasteiger partial charge in [0.15, 0.2) is 0 Å². The van der Waals surface area contributed by atoms with E-state index in [1.807, 2.05) is 18.2 Å². The molecule has 3 rings (SSSR count). The minimum absolute atomic E-state index is 0. The molecule has 0 saturated carbocycles. The highest BCUT2D eigenvalue weighted by atomic mass is 35.5. The standard InChI is InChI=1S/C16H17NO.ClH/c1-2-6-13(7-3-1)12-18-16-15-9-5-4-8-14(15)10-11-17-16;/h1-9,16-17H,10-12H2;1H. The van der Waals surface area contributed by atoms with E-state index in [4.69, 9.17) is 4.74 Å². The molecule has 1 aliphatic heterocycles. The number of fused-ring (bicyclic) bond motifs is 1. The molecule has 2 aromatic rings. The fraction of sp³-hybridized carbons (Fsp3) is 0.250. The lowest BCUT2D eigenvalue weighted by Crippen LogP contribution is -2.31. The summed E-state index contributed by atoms with van der Waals surface area (Å²) in [6.45, 7) is 1.63. The molecule has 0 spiro atoms. The molecule has 0 aromatic heterocycles. The van der Waals surface area contributed by atoms with Crippen LogP contribution in [0.2, 0.25) is 0 Å². The van der Waals surface area contributed by atoms with Crippen LogP contribution in [-0.2, 0) is 17.8 Å². The molecule has 0 amide bonds. The number of halogens is 1. The van der Waals surface area contributed by atoms with Crippen LogP contribution >= 0.6 is 12.4 Å². The minimum atomic E-state index is 0. The van der Waals surface area contributed by atoms with Crippen molar-refractivity contribution in [1.82, 2.24) is 5.32 Å². The molecule has 2 nitrogen and oxygen atoms in total. The summed E-state index contributed by atoms with van der Waals surface area (Å²) in [6, 6.07) is 18.8. The predicted octanol–water partition coefficient (Wildman–Crippen LogP) is 3.47. The van der Waals surface area contributed by atoms with Gasteiger partial charge in [-0.3, -0.25) is 5.32 Å². The molecule has 0 bridgehead atoms. The van der Waals surface area contributed by atoms with Crippen LogP contribution in [0.4, 0.5) is 0 Å². The van der Waals surface area contributed by atoms with Crippen molar-refractivity contribution < 1.29 is 4.74 Å². The maximum Gasteiger partial charge on any atom is 0.135 e. The van der Waals surface area contributed by atoms with Crippen molar-refractivity contribution >= 4 is 12.4 Å². The van der Waals surface area contributed by atoms with Crippen LogP contribution in [0.3, 0.4) is 0 Å². The number of ether oxygens (including phenoxy) is 1. The van der Waals surface area contributed by atoms with Gasteiger partial charge in [0, 0.05) is 6.54 Å². The van der Waals surface area contributed by atoms with E-state index >= 15 is 0 Å². The third-order valence-electron chi connectivity index (χ3n) is 3.32. The van der Waals surface area contributed by atoms with Gasteiger partial charge < -0.3 is 4.74 Å². The van der Waals surface area contributed by atoms with Gasteiger partial charge in [0.1, 0.15) is 6.23 Å². The van der Waals surface area contributed by atoms with Crippen molar-refractivity contribution in [1.29, 1.82) is 0 Å². The minimum Gasteiger partial charge on any atom is -0.354 e. The summed E-state index contributed by atoms with van der Waals surface area (Å²) >= 11 is 0. The summed E-state index contributed by atoms with van der Waals surface area (Å²) in [5.41, 5.74) is 3.89. The molecule has 0 radical (unpaired) electrons. The SMILES string of the molecule is Cl.c1ccc(COC2NCCc3ccccc32)cc1. The maximum absolute atomic E-state index is 5.98. The average molecular weight is 276 g/mol. The van der Waals surface area contributed by atoms with Crippen molar-refractivity contribution in [3.8, 4) is 0 Å². The highest BCUT2D eigenvalue weighted by Gasteiger charge is 2.19. The monoisotopic (exact) mass is 275 g/mol. The van der Waals surface area contributed by atoms with Crippen LogP contribution in [-0.4, -0.2) is 6.54 Å². The van der Waals surface area contributed by atoms with Crippen molar-refractivity contribution in [2.45, 2.75) is 19.3 Å². The molecule has 0 saturated heterocycles. The fourth-order valence-electron chi connectivity index (χ4n) is 2.37. The Labute approximate surface area is 120 Å². The van der Waals surface area contributed by atoms with E-state index in [9.17, 15) is 0 Å². The lowest BCUT2D eigenvalue weighted by molar-refractivity contribution is 0.0121. The summed E-state index contributed by atoms with van der Waals surface area (Å²) in [6.07, 6.45) is 1.11. The normalized spacial score (nSPS) is 17.4. The summed E-state index contributed by atoms with van der Waals surface area (Å²) in [5.74, 6) is 0. The third kappa shape index (κ3) is 3.35. The molecule has 3 heteroatoms. The van der Waals surface area contributed by atoms with Gasteiger partial charge in [-0.25, -0.2) is 0 Å². The van der Waals surface area contributed by atoms with Crippen LogP contribution in [0.25, 0.3) is 0 Å². The Morgan fingerprint density at radius 3 is 2.58 bits per heavy atom. The quantitative estimate of drug-likeness (QED) is 0.926. The summed E-state index contributed by atoms with van der Waals surface area (Å²) in [5, 5.41) is 3.42. The van der Waals surface area contributed by atoms with Crippen molar-refractivity contribution in [2.24, 2.45) is 0 Å². The lowest BCUT2D eigenvalue weighted by atomic mass is 10.00. The predicted molar refractivity (Wildman–Crippen MR) is 79.4 cm³/mol. The first-order valence-corrected chi connectivity index (χ1v) is 6.40. The highest BCUT2D eigenvalue weighted by Crippen LogP contribution is 2.24. The second kappa shape index (κ2) is 6.71. The lowest BCUT2D eigenvalue weighted by Gasteiger charge is -2.27. The van der Waals surface area contributed by atoms with E-state index in [1.54, 1.807) is 0 Å². The Hall–Kier alpha value is -1.35. The van der Waals surface area contributed by atoms with Crippen molar-refractivity contribution in [2.75, 3.05) is 6.54 Å². The van der Waals surface area contributed by atoms with Gasteiger partial charge in [-0.15, -0.1) is 12.4 Å². The Balaban J connectivity index is 0.00000133. The van der Waals surface area contributed by atoms with E-state index in [0.29, 0.717) is 6.61 Å². The van der Waals surface area contributed by atoms with Gasteiger partial charge in [-0.1, -0.05) is 54.6 Å². The molecule has 1 atom stereocenters. The molecule has 0 aliphatic carbocycles. The molecular weight excluding hydrogens is 258 g/mol. The largest absolute Gasteiger partial charge is 0.354 e. The number of nitrogens with one attached hydrogen (secondary N) is 1. The van der Waals surface area contributed by atoms with Crippen LogP contribution in [0.5, 0.6) is 0 Å². The molecule has 100 valence electrons. The Morgan fingerprint density at radius 1 is 1.00 bits per heavy atom. The smallest absolute Gasteiger partial charge is 0.135 e. The van der Waals surface area contributed by atoms with Crippen LogP contribution in [0.1, 0.15) is 22.9 Å². The van der Waals surface area contributed by atoms with E-state index in [0.717, 1.165) is 13.0 Å². The van der Waals surface area contributed by atoms with Gasteiger partial charge in [-0.2, -0.15) is 0 Å². The molecule has 2 aromatic carbocycles. The zero-order valence-corrected chi connectivity index (χ0v) is 11.5. The first kappa shape index (κ1) is 14.1. The van der Waals surface area contributed by atoms with Crippen LogP contribution < -0.4 is 5.32 Å². The van der Waals surface area contributed by atoms with Crippen LogP contribution in [0, 0.1) is 0 Å². The second-order valence-electron chi connectivity index (χ2n) is 4.58. The molecule has 19 heavy (non-hydrogen) atoms. The van der Waals surface area contributed by atoms with Gasteiger partial charge in [0.25, 0.3) is 0 Å². The fourth-order valence-corrected chi connectivity index (χ4v) is 2.37. The second-order valence-corrected chi connectivity index (χ2v) is 4.58. The zero-order valence-electron chi connectivity index (χ0n) is 10.7. The van der Waals surface area contributed by atoms with E-state index in [-0.39, 0.29) is 18.6 Å². The summed E-state index contributed by atoms with van der Waals surface area (Å²) in [7, 11) is 0. The average Bonchev–Trinajstić information content (AvgIpc) is 2.46. The molecule has 1 heterocycles. The zero-order chi connectivity index (χ0) is 12.2. The topological polar surface area (TPSA) is 21.3 Å². The third-order valence-corrected chi connectivity index (χ3v) is 3.32.